The molecule has 1 amide bonds. The van der Waals surface area contributed by atoms with E-state index in [0.717, 1.165) is 11.8 Å². The molecule has 0 aliphatic carbocycles. The Balaban J connectivity index is 1.69. The standard InChI is InChI=1S/C20H22F3N5O/c1-2-24-18(29)15-11-13-10-14(20(21,22)23)4-5-16(13)28-9-8-27(12-17(15)28)19-25-6-3-7-26-19/h3-7,10,15,17H,2,8-9,11-12H2,1H3,(H,24,29)/t15-,17-/m0/s1. The Hall–Kier alpha value is -2.84. The van der Waals surface area contributed by atoms with Crippen molar-refractivity contribution in [3.63, 3.8) is 0 Å². The third-order valence-corrected chi connectivity index (χ3v) is 5.56. The van der Waals surface area contributed by atoms with Gasteiger partial charge in [0, 0.05) is 44.3 Å². The van der Waals surface area contributed by atoms with Crippen LogP contribution in [0.4, 0.5) is 24.8 Å². The highest BCUT2D eigenvalue weighted by Crippen LogP contribution is 2.40. The lowest BCUT2D eigenvalue weighted by molar-refractivity contribution is -0.137. The molecule has 0 radical (unpaired) electrons. The average molecular weight is 405 g/mol. The van der Waals surface area contributed by atoms with Gasteiger partial charge in [0.1, 0.15) is 0 Å². The Morgan fingerprint density at radius 3 is 2.69 bits per heavy atom. The first kappa shape index (κ1) is 19.5. The number of amides is 1. The van der Waals surface area contributed by atoms with Gasteiger partial charge in [0.15, 0.2) is 0 Å². The molecule has 0 bridgehead atoms. The van der Waals surface area contributed by atoms with Crippen LogP contribution in [-0.4, -0.2) is 48.1 Å². The first-order valence-electron chi connectivity index (χ1n) is 9.65. The van der Waals surface area contributed by atoms with Crippen LogP contribution in [0.3, 0.4) is 0 Å². The molecule has 3 heterocycles. The SMILES string of the molecule is CCNC(=O)[C@H]1Cc2cc(C(F)(F)F)ccc2N2CCN(c3ncccn3)C[C@@H]12. The third-order valence-electron chi connectivity index (χ3n) is 5.56. The van der Waals surface area contributed by atoms with Crippen LogP contribution in [0.5, 0.6) is 0 Å². The lowest BCUT2D eigenvalue weighted by Crippen LogP contribution is -2.61. The second-order valence-electron chi connectivity index (χ2n) is 7.30. The molecule has 2 aliphatic rings. The molecule has 4 rings (SSSR count). The van der Waals surface area contributed by atoms with E-state index in [1.807, 2.05) is 11.8 Å². The van der Waals surface area contributed by atoms with Crippen LogP contribution in [0.1, 0.15) is 18.1 Å². The fourth-order valence-corrected chi connectivity index (χ4v) is 4.24. The van der Waals surface area contributed by atoms with Crippen LogP contribution in [-0.2, 0) is 17.4 Å². The number of anilines is 2. The topological polar surface area (TPSA) is 61.4 Å². The van der Waals surface area contributed by atoms with Crippen molar-refractivity contribution in [2.24, 2.45) is 5.92 Å². The van der Waals surface area contributed by atoms with Crippen molar-refractivity contribution in [3.8, 4) is 0 Å². The van der Waals surface area contributed by atoms with Crippen molar-refractivity contribution < 1.29 is 18.0 Å². The fourth-order valence-electron chi connectivity index (χ4n) is 4.24. The third kappa shape index (κ3) is 3.73. The van der Waals surface area contributed by atoms with Crippen molar-refractivity contribution in [2.45, 2.75) is 25.6 Å². The molecular formula is C20H22F3N5O. The van der Waals surface area contributed by atoms with E-state index in [-0.39, 0.29) is 18.4 Å². The zero-order chi connectivity index (χ0) is 20.6. The Morgan fingerprint density at radius 1 is 1.24 bits per heavy atom. The van der Waals surface area contributed by atoms with E-state index >= 15 is 0 Å². The summed E-state index contributed by atoms with van der Waals surface area (Å²) in [6.07, 6.45) is -0.790. The second-order valence-corrected chi connectivity index (χ2v) is 7.30. The minimum absolute atomic E-state index is 0.138. The number of halogens is 3. The first-order valence-corrected chi connectivity index (χ1v) is 9.65. The smallest absolute Gasteiger partial charge is 0.364 e. The Kier molecular flexibility index (Phi) is 5.06. The number of hydrogen-bond donors (Lipinski definition) is 1. The molecule has 29 heavy (non-hydrogen) atoms. The predicted molar refractivity (Wildman–Crippen MR) is 103 cm³/mol. The van der Waals surface area contributed by atoms with Crippen molar-refractivity contribution in [1.29, 1.82) is 0 Å². The van der Waals surface area contributed by atoms with E-state index in [2.05, 4.69) is 20.2 Å². The predicted octanol–water partition coefficient (Wildman–Crippen LogP) is 2.50. The van der Waals surface area contributed by atoms with Gasteiger partial charge in [0.2, 0.25) is 11.9 Å². The maximum atomic E-state index is 13.2. The van der Waals surface area contributed by atoms with E-state index in [4.69, 9.17) is 0 Å². The van der Waals surface area contributed by atoms with Crippen molar-refractivity contribution in [3.05, 3.63) is 47.8 Å². The molecule has 1 fully saturated rings. The Labute approximate surface area is 166 Å². The number of fused-ring (bicyclic) bond motifs is 3. The molecule has 0 spiro atoms. The Morgan fingerprint density at radius 2 is 2.00 bits per heavy atom. The summed E-state index contributed by atoms with van der Waals surface area (Å²) in [6.45, 7) is 4.05. The van der Waals surface area contributed by atoms with Gasteiger partial charge in [-0.25, -0.2) is 9.97 Å². The summed E-state index contributed by atoms with van der Waals surface area (Å²) in [5.74, 6) is 0.0128. The summed E-state index contributed by atoms with van der Waals surface area (Å²) in [4.78, 5) is 25.5. The lowest BCUT2D eigenvalue weighted by Gasteiger charge is -2.49. The van der Waals surface area contributed by atoms with Gasteiger partial charge in [-0.2, -0.15) is 13.2 Å². The summed E-state index contributed by atoms with van der Waals surface area (Å²) in [5.41, 5.74) is 0.662. The van der Waals surface area contributed by atoms with Gasteiger partial charge in [-0.1, -0.05) is 0 Å². The highest BCUT2D eigenvalue weighted by Gasteiger charge is 2.43. The molecule has 2 aromatic rings. The zero-order valence-corrected chi connectivity index (χ0v) is 16.0. The maximum absolute atomic E-state index is 13.2. The van der Waals surface area contributed by atoms with Gasteiger partial charge in [0.25, 0.3) is 0 Å². The minimum atomic E-state index is -4.41. The number of piperazine rings is 1. The molecule has 1 N–H and O–H groups in total. The minimum Gasteiger partial charge on any atom is -0.364 e. The van der Waals surface area contributed by atoms with Crippen LogP contribution in [0, 0.1) is 5.92 Å². The summed E-state index contributed by atoms with van der Waals surface area (Å²) in [6, 6.07) is 5.42. The largest absolute Gasteiger partial charge is 0.416 e. The lowest BCUT2D eigenvalue weighted by atomic mass is 9.82. The molecule has 1 aromatic heterocycles. The zero-order valence-electron chi connectivity index (χ0n) is 16.0. The molecular weight excluding hydrogens is 383 g/mol. The fraction of sp³-hybridized carbons (Fsp3) is 0.450. The molecule has 1 saturated heterocycles. The molecule has 0 saturated carbocycles. The second kappa shape index (κ2) is 7.53. The quantitative estimate of drug-likeness (QED) is 0.850. The van der Waals surface area contributed by atoms with Crippen molar-refractivity contribution in [2.75, 3.05) is 36.0 Å². The van der Waals surface area contributed by atoms with Crippen LogP contribution < -0.4 is 15.1 Å². The number of carbonyl (C=O) groups is 1. The van der Waals surface area contributed by atoms with Crippen molar-refractivity contribution in [1.82, 2.24) is 15.3 Å². The summed E-state index contributed by atoms with van der Waals surface area (Å²) < 4.78 is 39.6. The highest BCUT2D eigenvalue weighted by molar-refractivity contribution is 5.82. The van der Waals surface area contributed by atoms with E-state index < -0.39 is 17.7 Å². The van der Waals surface area contributed by atoms with Crippen LogP contribution >= 0.6 is 0 Å². The monoisotopic (exact) mass is 405 g/mol. The van der Waals surface area contributed by atoms with E-state index in [9.17, 15) is 18.0 Å². The van der Waals surface area contributed by atoms with Crippen LogP contribution in [0.2, 0.25) is 0 Å². The van der Waals surface area contributed by atoms with Crippen molar-refractivity contribution >= 4 is 17.5 Å². The van der Waals surface area contributed by atoms with Gasteiger partial charge in [-0.3, -0.25) is 4.79 Å². The normalized spacial score (nSPS) is 21.4. The number of carbonyl (C=O) groups excluding carboxylic acids is 1. The summed E-state index contributed by atoms with van der Waals surface area (Å²) >= 11 is 0. The van der Waals surface area contributed by atoms with E-state index in [1.165, 1.54) is 12.1 Å². The number of benzene rings is 1. The van der Waals surface area contributed by atoms with Gasteiger partial charge < -0.3 is 15.1 Å². The first-order chi connectivity index (χ1) is 13.9. The number of nitrogens with zero attached hydrogens (tertiary/aromatic N) is 4. The van der Waals surface area contributed by atoms with Crippen LogP contribution in [0.25, 0.3) is 0 Å². The molecule has 2 atom stereocenters. The number of hydrogen-bond acceptors (Lipinski definition) is 5. The highest BCUT2D eigenvalue weighted by atomic mass is 19.4. The molecule has 9 heteroatoms. The molecule has 2 aliphatic heterocycles. The summed E-state index contributed by atoms with van der Waals surface area (Å²) in [7, 11) is 0. The number of aromatic nitrogens is 2. The number of alkyl halides is 3. The van der Waals surface area contributed by atoms with E-state index in [1.54, 1.807) is 18.5 Å². The molecule has 1 aromatic carbocycles. The van der Waals surface area contributed by atoms with E-state index in [0.29, 0.717) is 37.7 Å². The van der Waals surface area contributed by atoms with Crippen LogP contribution in [0.15, 0.2) is 36.7 Å². The molecule has 6 nitrogen and oxygen atoms in total. The van der Waals surface area contributed by atoms with Gasteiger partial charge in [-0.05, 0) is 43.2 Å². The van der Waals surface area contributed by atoms with Gasteiger partial charge >= 0.3 is 6.18 Å². The maximum Gasteiger partial charge on any atom is 0.416 e. The Bertz CT molecular complexity index is 889. The number of rotatable bonds is 3. The van der Waals surface area contributed by atoms with Gasteiger partial charge in [-0.15, -0.1) is 0 Å². The summed E-state index contributed by atoms with van der Waals surface area (Å²) in [5, 5.41) is 2.84. The average Bonchev–Trinajstić information content (AvgIpc) is 2.72. The number of nitrogens with one attached hydrogen (secondary N) is 1. The molecule has 154 valence electrons. The molecule has 0 unspecified atom stereocenters. The van der Waals surface area contributed by atoms with Gasteiger partial charge in [0.05, 0.1) is 17.5 Å².